The second kappa shape index (κ2) is 6.65. The summed E-state index contributed by atoms with van der Waals surface area (Å²) in [6.07, 6.45) is 0. The monoisotopic (exact) mass is 286 g/mol. The summed E-state index contributed by atoms with van der Waals surface area (Å²) in [6.45, 7) is 4.41. The summed E-state index contributed by atoms with van der Waals surface area (Å²) in [7, 11) is -0.0753. The average Bonchev–Trinajstić information content (AvgIpc) is 2.48. The van der Waals surface area contributed by atoms with Gasteiger partial charge in [-0.1, -0.05) is 24.3 Å². The van der Waals surface area contributed by atoms with Crippen LogP contribution in [-0.2, 0) is 6.61 Å². The highest BCUT2D eigenvalue weighted by Gasteiger charge is 2.17. The highest BCUT2D eigenvalue weighted by Crippen LogP contribution is 2.22. The molecule has 0 atom stereocenters. The van der Waals surface area contributed by atoms with Gasteiger partial charge in [0, 0.05) is 5.46 Å². The Hall–Kier alpha value is -1.98. The van der Waals surface area contributed by atoms with E-state index in [4.69, 9.17) is 9.47 Å². The smallest absolute Gasteiger partial charge is 0.492 e. The Bertz CT molecular complexity index is 626. The van der Waals surface area contributed by atoms with Crippen LogP contribution in [0.1, 0.15) is 16.7 Å². The van der Waals surface area contributed by atoms with E-state index in [2.05, 4.69) is 0 Å². The van der Waals surface area contributed by atoms with Gasteiger partial charge in [-0.2, -0.15) is 0 Å². The fourth-order valence-electron chi connectivity index (χ4n) is 2.12. The van der Waals surface area contributed by atoms with Crippen LogP contribution in [0.4, 0.5) is 0 Å². The van der Waals surface area contributed by atoms with E-state index in [1.807, 2.05) is 38.1 Å². The summed E-state index contributed by atoms with van der Waals surface area (Å²) in [5.41, 5.74) is 3.46. The first-order valence-electron chi connectivity index (χ1n) is 6.75. The van der Waals surface area contributed by atoms with Crippen LogP contribution in [0, 0.1) is 13.8 Å². The van der Waals surface area contributed by atoms with Crippen molar-refractivity contribution in [3.8, 4) is 11.5 Å². The lowest BCUT2D eigenvalue weighted by Gasteiger charge is -2.13. The van der Waals surface area contributed by atoms with Crippen molar-refractivity contribution >= 4 is 12.6 Å². The molecule has 0 unspecified atom stereocenters. The van der Waals surface area contributed by atoms with Crippen molar-refractivity contribution in [2.75, 3.05) is 7.11 Å². The largest absolute Gasteiger partial charge is 0.497 e. The van der Waals surface area contributed by atoms with Gasteiger partial charge in [-0.15, -0.1) is 0 Å². The van der Waals surface area contributed by atoms with Crippen LogP contribution < -0.4 is 14.9 Å². The van der Waals surface area contributed by atoms with Crippen LogP contribution in [-0.4, -0.2) is 24.3 Å². The van der Waals surface area contributed by atoms with Gasteiger partial charge in [0.2, 0.25) is 0 Å². The minimum atomic E-state index is -1.57. The highest BCUT2D eigenvalue weighted by molar-refractivity contribution is 6.59. The number of aryl methyl sites for hydroxylation is 1. The quantitative estimate of drug-likeness (QED) is 0.819. The van der Waals surface area contributed by atoms with Crippen LogP contribution in [0.3, 0.4) is 0 Å². The summed E-state index contributed by atoms with van der Waals surface area (Å²) >= 11 is 0. The Morgan fingerprint density at radius 2 is 1.81 bits per heavy atom. The molecule has 2 aromatic rings. The first-order valence-corrected chi connectivity index (χ1v) is 6.75. The molecule has 2 aromatic carbocycles. The molecule has 110 valence electrons. The van der Waals surface area contributed by atoms with Crippen LogP contribution in [0.25, 0.3) is 0 Å². The zero-order valence-corrected chi connectivity index (χ0v) is 12.5. The minimum absolute atomic E-state index is 0.333. The lowest BCUT2D eigenvalue weighted by Crippen LogP contribution is -2.31. The van der Waals surface area contributed by atoms with Gasteiger partial charge in [-0.25, -0.2) is 0 Å². The molecule has 5 heteroatoms. The summed E-state index contributed by atoms with van der Waals surface area (Å²) in [5.74, 6) is 1.28. The van der Waals surface area contributed by atoms with Crippen molar-refractivity contribution in [2.45, 2.75) is 20.5 Å². The molecular formula is C16H19BO4. The Morgan fingerprint density at radius 1 is 1.05 bits per heavy atom. The number of benzene rings is 2. The third-order valence-corrected chi connectivity index (χ3v) is 3.52. The van der Waals surface area contributed by atoms with Gasteiger partial charge in [0.25, 0.3) is 0 Å². The van der Waals surface area contributed by atoms with E-state index in [-0.39, 0.29) is 0 Å². The third-order valence-electron chi connectivity index (χ3n) is 3.52. The van der Waals surface area contributed by atoms with E-state index >= 15 is 0 Å². The second-order valence-corrected chi connectivity index (χ2v) is 4.94. The molecule has 0 aliphatic heterocycles. The van der Waals surface area contributed by atoms with E-state index in [9.17, 15) is 10.0 Å². The summed E-state index contributed by atoms with van der Waals surface area (Å²) < 4.78 is 10.9. The number of ether oxygens (including phenoxy) is 2. The molecule has 21 heavy (non-hydrogen) atoms. The SMILES string of the molecule is COc1ccc(COc2cccc(C)c2C)cc1B(O)O. The van der Waals surface area contributed by atoms with Gasteiger partial charge >= 0.3 is 7.12 Å². The minimum Gasteiger partial charge on any atom is -0.497 e. The van der Waals surface area contributed by atoms with Crippen LogP contribution in [0.15, 0.2) is 36.4 Å². The Kier molecular flexibility index (Phi) is 4.88. The molecule has 0 radical (unpaired) electrons. The van der Waals surface area contributed by atoms with Gasteiger partial charge in [0.1, 0.15) is 18.1 Å². The van der Waals surface area contributed by atoms with Crippen LogP contribution in [0.5, 0.6) is 11.5 Å². The molecule has 0 fully saturated rings. The zero-order valence-electron chi connectivity index (χ0n) is 12.5. The fourth-order valence-corrected chi connectivity index (χ4v) is 2.12. The predicted octanol–water partition coefficient (Wildman–Crippen LogP) is 1.57. The maximum Gasteiger partial charge on any atom is 0.492 e. The number of rotatable bonds is 5. The Labute approximate surface area is 125 Å². The molecule has 4 nitrogen and oxygen atoms in total. The molecule has 0 aromatic heterocycles. The molecule has 0 bridgehead atoms. The Balaban J connectivity index is 2.17. The van der Waals surface area contributed by atoms with E-state index < -0.39 is 7.12 Å². The predicted molar refractivity (Wildman–Crippen MR) is 83.1 cm³/mol. The second-order valence-electron chi connectivity index (χ2n) is 4.94. The van der Waals surface area contributed by atoms with E-state index in [1.54, 1.807) is 12.1 Å². The number of hydrogen-bond donors (Lipinski definition) is 2. The normalized spacial score (nSPS) is 10.3. The van der Waals surface area contributed by atoms with Crippen molar-refractivity contribution in [1.29, 1.82) is 0 Å². The maximum atomic E-state index is 9.36. The van der Waals surface area contributed by atoms with E-state index in [0.29, 0.717) is 17.8 Å². The first kappa shape index (κ1) is 15.4. The lowest BCUT2D eigenvalue weighted by atomic mass is 9.79. The van der Waals surface area contributed by atoms with Crippen molar-refractivity contribution in [3.05, 3.63) is 53.1 Å². The molecule has 2 rings (SSSR count). The van der Waals surface area contributed by atoms with Crippen LogP contribution >= 0.6 is 0 Å². The molecule has 0 aliphatic carbocycles. The molecule has 0 saturated carbocycles. The molecule has 0 aliphatic rings. The van der Waals surface area contributed by atoms with E-state index in [1.165, 1.54) is 12.7 Å². The number of methoxy groups -OCH3 is 1. The van der Waals surface area contributed by atoms with Crippen molar-refractivity contribution < 1.29 is 19.5 Å². The molecule has 0 amide bonds. The summed E-state index contributed by atoms with van der Waals surface area (Å²) in [5, 5.41) is 18.7. The van der Waals surface area contributed by atoms with Crippen molar-refractivity contribution in [1.82, 2.24) is 0 Å². The van der Waals surface area contributed by atoms with Gasteiger partial charge in [0.05, 0.1) is 7.11 Å². The van der Waals surface area contributed by atoms with Gasteiger partial charge in [-0.3, -0.25) is 0 Å². The Morgan fingerprint density at radius 3 is 2.48 bits per heavy atom. The topological polar surface area (TPSA) is 58.9 Å². The summed E-state index contributed by atoms with van der Waals surface area (Å²) in [4.78, 5) is 0. The van der Waals surface area contributed by atoms with Gasteiger partial charge < -0.3 is 19.5 Å². The fraction of sp³-hybridized carbons (Fsp3) is 0.250. The standard InChI is InChI=1S/C16H19BO4/c1-11-5-4-6-15(12(11)2)21-10-13-7-8-16(20-3)14(9-13)17(18)19/h4-9,18-19H,10H2,1-3H3. The van der Waals surface area contributed by atoms with Crippen molar-refractivity contribution in [3.63, 3.8) is 0 Å². The summed E-state index contributed by atoms with van der Waals surface area (Å²) in [6, 6.07) is 11.1. The lowest BCUT2D eigenvalue weighted by molar-refractivity contribution is 0.303. The maximum absolute atomic E-state index is 9.36. The number of hydrogen-bond acceptors (Lipinski definition) is 4. The van der Waals surface area contributed by atoms with Crippen molar-refractivity contribution in [2.24, 2.45) is 0 Å². The molecule has 2 N–H and O–H groups in total. The van der Waals surface area contributed by atoms with Crippen LogP contribution in [0.2, 0.25) is 0 Å². The average molecular weight is 286 g/mol. The van der Waals surface area contributed by atoms with E-state index in [0.717, 1.165) is 16.9 Å². The molecule has 0 spiro atoms. The first-order chi connectivity index (χ1) is 10.0. The molecular weight excluding hydrogens is 267 g/mol. The van der Waals surface area contributed by atoms with Gasteiger partial charge in [0.15, 0.2) is 0 Å². The zero-order chi connectivity index (χ0) is 15.4. The third kappa shape index (κ3) is 3.57. The molecule has 0 saturated heterocycles. The molecule has 0 heterocycles. The van der Waals surface area contributed by atoms with Gasteiger partial charge in [-0.05, 0) is 42.7 Å². The highest BCUT2D eigenvalue weighted by atomic mass is 16.5.